The second kappa shape index (κ2) is 6.95. The maximum Gasteiger partial charge on any atom is 0.279 e. The van der Waals surface area contributed by atoms with Gasteiger partial charge >= 0.3 is 0 Å². The number of fused-ring (bicyclic) bond motifs is 1. The standard InChI is InChI=1S/C17H17F2N3O2S/c1-3-4-25-17-21-16(24)14-12(8-13(23)20-15(14)22(17)2)9-5-10(18)7-11(19)6-9/h5-7,12H,3-4,8H2,1-2H3,(H,20,23)/t12-/m1/s1. The number of carbonyl (C=O) groups excluding carboxylic acids is 1. The molecule has 0 unspecified atom stereocenters. The first-order valence-corrected chi connectivity index (χ1v) is 8.88. The van der Waals surface area contributed by atoms with Gasteiger partial charge in [0.15, 0.2) is 5.16 Å². The van der Waals surface area contributed by atoms with Crippen molar-refractivity contribution >= 4 is 23.5 Å². The summed E-state index contributed by atoms with van der Waals surface area (Å²) in [5.74, 6) is -1.42. The first kappa shape index (κ1) is 17.6. The van der Waals surface area contributed by atoms with Crippen molar-refractivity contribution in [2.75, 3.05) is 11.1 Å². The van der Waals surface area contributed by atoms with E-state index in [0.717, 1.165) is 30.4 Å². The molecule has 2 heterocycles. The summed E-state index contributed by atoms with van der Waals surface area (Å²) in [7, 11) is 1.71. The number of hydrogen-bond acceptors (Lipinski definition) is 4. The minimum absolute atomic E-state index is 0.0612. The van der Waals surface area contributed by atoms with E-state index in [0.29, 0.717) is 11.0 Å². The van der Waals surface area contributed by atoms with Crippen molar-refractivity contribution in [3.63, 3.8) is 0 Å². The molecule has 1 aromatic heterocycles. The molecule has 1 amide bonds. The largest absolute Gasteiger partial charge is 0.312 e. The number of rotatable bonds is 4. The van der Waals surface area contributed by atoms with E-state index in [-0.39, 0.29) is 23.5 Å². The van der Waals surface area contributed by atoms with E-state index < -0.39 is 23.1 Å². The highest BCUT2D eigenvalue weighted by Gasteiger charge is 2.32. The predicted molar refractivity (Wildman–Crippen MR) is 91.9 cm³/mol. The number of nitrogens with zero attached hydrogens (tertiary/aromatic N) is 2. The van der Waals surface area contributed by atoms with Gasteiger partial charge in [0.25, 0.3) is 5.56 Å². The average Bonchev–Trinajstić information content (AvgIpc) is 2.55. The number of amides is 1. The third kappa shape index (κ3) is 3.44. The average molecular weight is 365 g/mol. The lowest BCUT2D eigenvalue weighted by Crippen LogP contribution is -2.33. The minimum Gasteiger partial charge on any atom is -0.312 e. The zero-order chi connectivity index (χ0) is 18.1. The molecular weight excluding hydrogens is 348 g/mol. The zero-order valence-electron chi connectivity index (χ0n) is 13.8. The molecule has 1 N–H and O–H groups in total. The minimum atomic E-state index is -0.748. The highest BCUT2D eigenvalue weighted by molar-refractivity contribution is 7.99. The molecule has 1 atom stereocenters. The van der Waals surface area contributed by atoms with E-state index in [2.05, 4.69) is 10.3 Å². The second-order valence-corrected chi connectivity index (χ2v) is 6.94. The molecule has 0 aliphatic carbocycles. The summed E-state index contributed by atoms with van der Waals surface area (Å²) in [6.07, 6.45) is 0.851. The zero-order valence-corrected chi connectivity index (χ0v) is 14.6. The van der Waals surface area contributed by atoms with E-state index in [1.165, 1.54) is 11.8 Å². The Kier molecular flexibility index (Phi) is 4.89. The highest BCUT2D eigenvalue weighted by Crippen LogP contribution is 2.36. The molecule has 0 radical (unpaired) electrons. The Hall–Kier alpha value is -2.22. The van der Waals surface area contributed by atoms with Gasteiger partial charge in [0, 0.05) is 31.2 Å². The number of hydrogen-bond donors (Lipinski definition) is 1. The number of anilines is 1. The topological polar surface area (TPSA) is 64.0 Å². The molecule has 132 valence electrons. The van der Waals surface area contributed by atoms with E-state index in [1.807, 2.05) is 6.92 Å². The molecule has 8 heteroatoms. The fourth-order valence-corrected chi connectivity index (χ4v) is 3.74. The van der Waals surface area contributed by atoms with Crippen LogP contribution in [0.5, 0.6) is 0 Å². The molecule has 25 heavy (non-hydrogen) atoms. The Bertz CT molecular complexity index is 878. The van der Waals surface area contributed by atoms with Gasteiger partial charge in [-0.15, -0.1) is 0 Å². The second-order valence-electron chi connectivity index (χ2n) is 5.88. The Morgan fingerprint density at radius 3 is 2.60 bits per heavy atom. The van der Waals surface area contributed by atoms with Crippen LogP contribution in [0.4, 0.5) is 14.6 Å². The van der Waals surface area contributed by atoms with Crippen LogP contribution < -0.4 is 10.9 Å². The summed E-state index contributed by atoms with van der Waals surface area (Å²) in [6, 6.07) is 3.05. The van der Waals surface area contributed by atoms with Gasteiger partial charge in [0.1, 0.15) is 17.5 Å². The molecule has 0 bridgehead atoms. The van der Waals surface area contributed by atoms with E-state index in [1.54, 1.807) is 11.6 Å². The van der Waals surface area contributed by atoms with Gasteiger partial charge in [-0.25, -0.2) is 8.78 Å². The van der Waals surface area contributed by atoms with Gasteiger partial charge < -0.3 is 9.88 Å². The van der Waals surface area contributed by atoms with Crippen molar-refractivity contribution in [3.05, 3.63) is 51.3 Å². The van der Waals surface area contributed by atoms with Crippen LogP contribution in [-0.2, 0) is 11.8 Å². The summed E-state index contributed by atoms with van der Waals surface area (Å²) < 4.78 is 28.8. The first-order chi connectivity index (χ1) is 11.9. The third-order valence-corrected chi connectivity index (χ3v) is 5.26. The number of nitrogens with one attached hydrogen (secondary N) is 1. The lowest BCUT2D eigenvalue weighted by Gasteiger charge is -2.27. The Morgan fingerprint density at radius 1 is 1.28 bits per heavy atom. The van der Waals surface area contributed by atoms with E-state index in [9.17, 15) is 18.4 Å². The van der Waals surface area contributed by atoms with E-state index >= 15 is 0 Å². The van der Waals surface area contributed by atoms with Crippen LogP contribution in [0.25, 0.3) is 0 Å². The summed E-state index contributed by atoms with van der Waals surface area (Å²) in [4.78, 5) is 28.8. The molecule has 1 aliphatic rings. The summed E-state index contributed by atoms with van der Waals surface area (Å²) >= 11 is 1.42. The third-order valence-electron chi connectivity index (χ3n) is 4.02. The fourth-order valence-electron chi connectivity index (χ4n) is 2.92. The maximum atomic E-state index is 13.6. The maximum absolute atomic E-state index is 13.6. The summed E-state index contributed by atoms with van der Waals surface area (Å²) in [5.41, 5.74) is 0.0239. The van der Waals surface area contributed by atoms with Crippen LogP contribution in [0.3, 0.4) is 0 Å². The summed E-state index contributed by atoms with van der Waals surface area (Å²) in [6.45, 7) is 2.01. The molecule has 2 aromatic rings. The van der Waals surface area contributed by atoms with Crippen LogP contribution in [0.1, 0.15) is 36.8 Å². The SMILES string of the molecule is CCCSc1nc(=O)c2c(n1C)NC(=O)C[C@@H]2c1cc(F)cc(F)c1. The molecule has 5 nitrogen and oxygen atoms in total. The van der Waals surface area contributed by atoms with Crippen LogP contribution in [0.2, 0.25) is 0 Å². The van der Waals surface area contributed by atoms with Crippen molar-refractivity contribution in [1.82, 2.24) is 9.55 Å². The molecule has 3 rings (SSSR count). The van der Waals surface area contributed by atoms with Crippen molar-refractivity contribution < 1.29 is 13.6 Å². The van der Waals surface area contributed by atoms with Crippen LogP contribution in [0, 0.1) is 11.6 Å². The Morgan fingerprint density at radius 2 is 1.96 bits per heavy atom. The smallest absolute Gasteiger partial charge is 0.279 e. The molecule has 0 fully saturated rings. The van der Waals surface area contributed by atoms with Crippen molar-refractivity contribution in [2.24, 2.45) is 7.05 Å². The van der Waals surface area contributed by atoms with Gasteiger partial charge in [-0.2, -0.15) is 4.98 Å². The number of thioether (sulfide) groups is 1. The van der Waals surface area contributed by atoms with Crippen LogP contribution in [0.15, 0.2) is 28.2 Å². The van der Waals surface area contributed by atoms with Gasteiger partial charge in [-0.3, -0.25) is 9.59 Å². The quantitative estimate of drug-likeness (QED) is 0.668. The molecular formula is C17H17F2N3O2S. The monoisotopic (exact) mass is 365 g/mol. The van der Waals surface area contributed by atoms with Crippen LogP contribution in [-0.4, -0.2) is 21.2 Å². The number of halogens is 2. The lowest BCUT2D eigenvalue weighted by atomic mass is 9.86. The molecule has 0 saturated carbocycles. The number of aromatic nitrogens is 2. The molecule has 1 aromatic carbocycles. The molecule has 0 saturated heterocycles. The van der Waals surface area contributed by atoms with Crippen molar-refractivity contribution in [1.29, 1.82) is 0 Å². The van der Waals surface area contributed by atoms with Gasteiger partial charge in [-0.1, -0.05) is 18.7 Å². The molecule has 0 spiro atoms. The first-order valence-electron chi connectivity index (χ1n) is 7.90. The van der Waals surface area contributed by atoms with E-state index in [4.69, 9.17) is 0 Å². The van der Waals surface area contributed by atoms with Crippen molar-refractivity contribution in [3.8, 4) is 0 Å². The Labute approximate surface area is 147 Å². The summed E-state index contributed by atoms with van der Waals surface area (Å²) in [5, 5.41) is 3.20. The predicted octanol–water partition coefficient (Wildman–Crippen LogP) is 3.03. The Balaban J connectivity index is 2.16. The highest BCUT2D eigenvalue weighted by atomic mass is 32.2. The number of carbonyl (C=O) groups is 1. The van der Waals surface area contributed by atoms with Gasteiger partial charge in [0.2, 0.25) is 5.91 Å². The van der Waals surface area contributed by atoms with Gasteiger partial charge in [0.05, 0.1) is 5.56 Å². The van der Waals surface area contributed by atoms with Crippen LogP contribution >= 0.6 is 11.8 Å². The normalized spacial score (nSPS) is 16.5. The lowest BCUT2D eigenvalue weighted by molar-refractivity contribution is -0.116. The van der Waals surface area contributed by atoms with Gasteiger partial charge in [-0.05, 0) is 24.1 Å². The molecule has 1 aliphatic heterocycles. The van der Waals surface area contributed by atoms with Crippen molar-refractivity contribution in [2.45, 2.75) is 30.8 Å². The number of benzene rings is 1. The fraction of sp³-hybridized carbons (Fsp3) is 0.353.